The topological polar surface area (TPSA) is 278 Å². The van der Waals surface area contributed by atoms with Crippen LogP contribution in [0.3, 0.4) is 0 Å². The molecule has 0 amide bonds. The molecule has 8 aliphatic rings. The molecule has 25 atom stereocenters. The van der Waals surface area contributed by atoms with Gasteiger partial charge in [-0.05, 0) is 61.2 Å². The maximum absolute atomic E-state index is 12.3. The fourth-order valence-electron chi connectivity index (χ4n) is 13.3. The molecule has 17 heteroatoms. The Balaban J connectivity index is 0.991. The quantitative estimate of drug-likeness (QED) is 0.124. The van der Waals surface area contributed by atoms with E-state index in [1.807, 2.05) is 13.8 Å². The molecule has 4 aliphatic carbocycles. The molecule has 322 valence electrons. The van der Waals surface area contributed by atoms with Gasteiger partial charge in [0.25, 0.3) is 0 Å². The Bertz CT molecular complexity index is 1420. The minimum absolute atomic E-state index is 0.00379. The lowest BCUT2D eigenvalue weighted by molar-refractivity contribution is -0.345. The summed E-state index contributed by atoms with van der Waals surface area (Å²) in [5, 5.41) is 118. The van der Waals surface area contributed by atoms with Gasteiger partial charge >= 0.3 is 0 Å². The first-order valence-corrected chi connectivity index (χ1v) is 20.7. The Kier molecular flexibility index (Phi) is 11.1. The summed E-state index contributed by atoms with van der Waals surface area (Å²) < 4.78 is 37.3. The predicted molar refractivity (Wildman–Crippen MR) is 189 cm³/mol. The van der Waals surface area contributed by atoms with E-state index >= 15 is 0 Å². The molecule has 17 nitrogen and oxygen atoms in total. The van der Waals surface area contributed by atoms with E-state index in [0.717, 1.165) is 12.8 Å². The number of rotatable bonds is 6. The summed E-state index contributed by atoms with van der Waals surface area (Å²) in [4.78, 5) is 0. The van der Waals surface area contributed by atoms with Gasteiger partial charge in [0.1, 0.15) is 48.8 Å². The number of aliphatic hydroxyl groups is 11. The lowest BCUT2D eigenvalue weighted by Crippen LogP contribution is -2.71. The Morgan fingerprint density at radius 2 is 1.29 bits per heavy atom. The van der Waals surface area contributed by atoms with Gasteiger partial charge in [-0.15, -0.1) is 0 Å². The van der Waals surface area contributed by atoms with Gasteiger partial charge in [-0.25, -0.2) is 0 Å². The molecule has 4 saturated heterocycles. The highest BCUT2D eigenvalue weighted by Gasteiger charge is 2.73. The van der Waals surface area contributed by atoms with Crippen molar-refractivity contribution in [2.45, 2.75) is 176 Å². The van der Waals surface area contributed by atoms with Crippen molar-refractivity contribution in [3.63, 3.8) is 0 Å². The summed E-state index contributed by atoms with van der Waals surface area (Å²) >= 11 is 0. The van der Waals surface area contributed by atoms with Crippen molar-refractivity contribution in [2.75, 3.05) is 19.8 Å². The molecule has 4 aliphatic heterocycles. The van der Waals surface area contributed by atoms with E-state index in [2.05, 4.69) is 13.8 Å². The van der Waals surface area contributed by atoms with E-state index in [-0.39, 0.29) is 59.9 Å². The molecule has 0 radical (unpaired) electrons. The number of aliphatic hydroxyl groups excluding tert-OH is 10. The second-order valence-corrected chi connectivity index (χ2v) is 19.2. The van der Waals surface area contributed by atoms with Crippen molar-refractivity contribution in [1.82, 2.24) is 0 Å². The van der Waals surface area contributed by atoms with Crippen LogP contribution in [0.4, 0.5) is 0 Å². The van der Waals surface area contributed by atoms with Gasteiger partial charge in [0.05, 0.1) is 55.9 Å². The second-order valence-electron chi connectivity index (χ2n) is 19.2. The van der Waals surface area contributed by atoms with Crippen LogP contribution in [-0.4, -0.2) is 179 Å². The molecule has 56 heavy (non-hydrogen) atoms. The molecule has 1 spiro atoms. The van der Waals surface area contributed by atoms with Gasteiger partial charge in [0.2, 0.25) is 0 Å². The van der Waals surface area contributed by atoms with Gasteiger partial charge in [0.15, 0.2) is 18.4 Å². The summed E-state index contributed by atoms with van der Waals surface area (Å²) in [6.07, 6.45) is -15.5. The molecule has 4 heterocycles. The van der Waals surface area contributed by atoms with Gasteiger partial charge in [-0.3, -0.25) is 0 Å². The second kappa shape index (κ2) is 14.8. The lowest BCUT2D eigenvalue weighted by Gasteiger charge is -2.66. The van der Waals surface area contributed by atoms with Crippen LogP contribution in [-0.2, 0) is 28.4 Å². The molecule has 0 aromatic heterocycles. The maximum Gasteiger partial charge on any atom is 0.187 e. The molecule has 8 fully saturated rings. The van der Waals surface area contributed by atoms with Crippen molar-refractivity contribution in [3.8, 4) is 0 Å². The van der Waals surface area contributed by atoms with Crippen molar-refractivity contribution in [2.24, 2.45) is 46.3 Å². The Hall–Kier alpha value is -0.680. The summed E-state index contributed by atoms with van der Waals surface area (Å²) in [5.74, 6) is -1.01. The van der Waals surface area contributed by atoms with Crippen molar-refractivity contribution >= 4 is 0 Å². The summed E-state index contributed by atoms with van der Waals surface area (Å²) in [6.45, 7) is 7.48. The molecule has 0 aromatic carbocycles. The molecule has 0 aromatic rings. The molecule has 4 saturated carbocycles. The average molecular weight is 805 g/mol. The van der Waals surface area contributed by atoms with Crippen molar-refractivity contribution < 1.29 is 84.6 Å². The smallest absolute Gasteiger partial charge is 0.187 e. The van der Waals surface area contributed by atoms with E-state index in [1.165, 1.54) is 0 Å². The molecule has 8 rings (SSSR count). The van der Waals surface area contributed by atoms with Crippen LogP contribution in [0.1, 0.15) is 72.6 Å². The van der Waals surface area contributed by atoms with E-state index in [9.17, 15) is 56.2 Å². The first-order chi connectivity index (χ1) is 26.3. The van der Waals surface area contributed by atoms with Crippen molar-refractivity contribution in [3.05, 3.63) is 0 Å². The Morgan fingerprint density at radius 3 is 1.88 bits per heavy atom. The van der Waals surface area contributed by atoms with Gasteiger partial charge < -0.3 is 84.6 Å². The van der Waals surface area contributed by atoms with Crippen LogP contribution < -0.4 is 0 Å². The highest BCUT2D eigenvalue weighted by Crippen LogP contribution is 2.72. The van der Waals surface area contributed by atoms with E-state index in [4.69, 9.17) is 28.4 Å². The minimum atomic E-state index is -1.65. The van der Waals surface area contributed by atoms with Crippen LogP contribution in [0, 0.1) is 46.3 Å². The first-order valence-electron chi connectivity index (χ1n) is 20.7. The third kappa shape index (κ3) is 6.13. The summed E-state index contributed by atoms with van der Waals surface area (Å²) in [6, 6.07) is 0. The molecule has 11 N–H and O–H groups in total. The summed E-state index contributed by atoms with van der Waals surface area (Å²) in [7, 11) is 0. The van der Waals surface area contributed by atoms with Crippen LogP contribution in [0.25, 0.3) is 0 Å². The normalized spacial score (nSPS) is 61.0. The zero-order chi connectivity index (χ0) is 40.4. The predicted octanol–water partition coefficient (Wildman–Crippen LogP) is -2.53. The fourth-order valence-corrected chi connectivity index (χ4v) is 13.3. The number of hydrogen-bond donors (Lipinski definition) is 11. The molecular formula is C39H64O17. The van der Waals surface area contributed by atoms with Gasteiger partial charge in [-0.1, -0.05) is 27.7 Å². The lowest BCUT2D eigenvalue weighted by atomic mass is 9.42. The standard InChI is InChI=1S/C39H64O17/c1-15-14-51-39(11-22(15)52-34-32(48)30(46)28(44)24(12-40)54-34)16(2)27-21(56-39)8-19-17-7-26(43)38(50)9-20(42)23(10-37(38,4)18(17)5-6-36(19,27)3)53-35-33(49)31(47)29(45)25(13-41)55-35/h15-35,40-50H,5-14H2,1-4H3/t15-,16+,17-,18+,19+,20-,21+,22+,23-,24-,25-,26-,27+,28-,29-,30+,31+,32-,33-,34-,35-,36+,37-,38+,39-/m1/s1. The monoisotopic (exact) mass is 804 g/mol. The number of hydrogen-bond acceptors (Lipinski definition) is 17. The zero-order valence-electron chi connectivity index (χ0n) is 32.6. The first kappa shape index (κ1) is 42.0. The third-order valence-electron chi connectivity index (χ3n) is 16.6. The van der Waals surface area contributed by atoms with E-state index in [0.29, 0.717) is 25.9 Å². The van der Waals surface area contributed by atoms with Gasteiger partial charge in [0, 0.05) is 30.1 Å². The van der Waals surface area contributed by atoms with Crippen LogP contribution in [0.5, 0.6) is 0 Å². The number of ether oxygens (including phenoxy) is 6. The highest BCUT2D eigenvalue weighted by molar-refractivity contribution is 5.21. The largest absolute Gasteiger partial charge is 0.394 e. The third-order valence-corrected chi connectivity index (χ3v) is 16.6. The average Bonchev–Trinajstić information content (AvgIpc) is 3.60. The van der Waals surface area contributed by atoms with E-state index in [1.54, 1.807) is 0 Å². The van der Waals surface area contributed by atoms with Crippen LogP contribution in [0.2, 0.25) is 0 Å². The summed E-state index contributed by atoms with van der Waals surface area (Å²) in [5.41, 5.74) is -2.75. The molecule has 0 bridgehead atoms. The molecular weight excluding hydrogens is 740 g/mol. The van der Waals surface area contributed by atoms with E-state index < -0.39 is 116 Å². The maximum atomic E-state index is 12.3. The SMILES string of the molecule is C[C@@H]1CO[C@]2(C[C@@H]1O[C@@H]1O[C@H](CO)[C@@H](O)[C@H](O)[C@H]1O)O[C@H]1C[C@H]3[C@@H]4C[C@@H](O)[C@@]5(O)C[C@@H](O)[C@H](O[C@@H]6O[C@H](CO)[C@@H](O)[C@H](O)[C@H]6O)C[C@]5(C)[C@H]4CC[C@]3(C)[C@H]1[C@@H]2C. The minimum Gasteiger partial charge on any atom is -0.394 e. The zero-order valence-corrected chi connectivity index (χ0v) is 32.6. The van der Waals surface area contributed by atoms with Gasteiger partial charge in [-0.2, -0.15) is 0 Å². The Labute approximate surface area is 326 Å². The fraction of sp³-hybridized carbons (Fsp3) is 1.00. The number of fused-ring (bicyclic) bond motifs is 7. The highest BCUT2D eigenvalue weighted by atomic mass is 16.7. The van der Waals surface area contributed by atoms with Crippen LogP contribution in [0.15, 0.2) is 0 Å². The van der Waals surface area contributed by atoms with Crippen molar-refractivity contribution in [1.29, 1.82) is 0 Å². The van der Waals surface area contributed by atoms with Crippen LogP contribution >= 0.6 is 0 Å². The Morgan fingerprint density at radius 1 is 0.696 bits per heavy atom. The molecule has 0 unspecified atom stereocenters.